The van der Waals surface area contributed by atoms with Crippen molar-refractivity contribution in [3.8, 4) is 11.4 Å². The van der Waals surface area contributed by atoms with Gasteiger partial charge in [-0.1, -0.05) is 30.3 Å². The average molecular weight is 264 g/mol. The number of alkyl halides is 3. The molecule has 0 N–H and O–H groups in total. The summed E-state index contributed by atoms with van der Waals surface area (Å²) in [5.74, 6) is 0.137. The van der Waals surface area contributed by atoms with Gasteiger partial charge in [0.25, 0.3) is 5.78 Å². The zero-order valence-electron chi connectivity index (χ0n) is 9.46. The van der Waals surface area contributed by atoms with Crippen LogP contribution in [0, 0.1) is 0 Å². The summed E-state index contributed by atoms with van der Waals surface area (Å²) in [6.45, 7) is 0. The summed E-state index contributed by atoms with van der Waals surface area (Å²) in [7, 11) is 0. The molecule has 7 heteroatoms. The van der Waals surface area contributed by atoms with E-state index < -0.39 is 11.9 Å². The van der Waals surface area contributed by atoms with Crippen molar-refractivity contribution in [2.24, 2.45) is 0 Å². The molecule has 0 amide bonds. The van der Waals surface area contributed by atoms with Crippen LogP contribution in [0.3, 0.4) is 0 Å². The molecule has 0 saturated carbocycles. The van der Waals surface area contributed by atoms with Crippen LogP contribution in [0.2, 0.25) is 0 Å². The SMILES string of the molecule is FC(F)(F)c1ccnc2nc(-c3ccccc3)nn12. The highest BCUT2D eigenvalue weighted by molar-refractivity contribution is 5.56. The van der Waals surface area contributed by atoms with Gasteiger partial charge in [0.2, 0.25) is 0 Å². The van der Waals surface area contributed by atoms with E-state index in [0.29, 0.717) is 10.1 Å². The highest BCUT2D eigenvalue weighted by atomic mass is 19.4. The smallest absolute Gasteiger partial charge is 0.220 e. The molecule has 3 aromatic rings. The van der Waals surface area contributed by atoms with Crippen molar-refractivity contribution in [2.45, 2.75) is 6.18 Å². The Morgan fingerprint density at radius 3 is 2.42 bits per heavy atom. The van der Waals surface area contributed by atoms with E-state index in [4.69, 9.17) is 0 Å². The Kier molecular flexibility index (Phi) is 2.48. The van der Waals surface area contributed by atoms with Crippen molar-refractivity contribution in [3.63, 3.8) is 0 Å². The molecule has 0 radical (unpaired) electrons. The zero-order chi connectivity index (χ0) is 13.5. The third-order valence-corrected chi connectivity index (χ3v) is 2.56. The standard InChI is InChI=1S/C12H7F3N4/c13-12(14,15)9-6-7-16-11-17-10(18-19(9)11)8-4-2-1-3-5-8/h1-7H. The van der Waals surface area contributed by atoms with Gasteiger partial charge in [0.1, 0.15) is 0 Å². The predicted octanol–water partition coefficient (Wildman–Crippen LogP) is 2.81. The third kappa shape index (κ3) is 2.03. The second-order valence-corrected chi connectivity index (χ2v) is 3.84. The molecule has 0 aliphatic heterocycles. The molecule has 0 aliphatic carbocycles. The second-order valence-electron chi connectivity index (χ2n) is 3.84. The Morgan fingerprint density at radius 2 is 1.74 bits per heavy atom. The minimum Gasteiger partial charge on any atom is -0.220 e. The number of aromatic nitrogens is 4. The van der Waals surface area contributed by atoms with Crippen LogP contribution < -0.4 is 0 Å². The van der Waals surface area contributed by atoms with E-state index in [0.717, 1.165) is 12.3 Å². The summed E-state index contributed by atoms with van der Waals surface area (Å²) in [6, 6.07) is 9.65. The maximum atomic E-state index is 12.8. The zero-order valence-corrected chi connectivity index (χ0v) is 9.46. The first kappa shape index (κ1) is 11.6. The van der Waals surface area contributed by atoms with Gasteiger partial charge in [-0.15, -0.1) is 5.10 Å². The lowest BCUT2D eigenvalue weighted by Gasteiger charge is -2.06. The molecule has 2 heterocycles. The molecule has 96 valence electrons. The number of rotatable bonds is 1. The van der Waals surface area contributed by atoms with Crippen LogP contribution >= 0.6 is 0 Å². The fraction of sp³-hybridized carbons (Fsp3) is 0.0833. The van der Waals surface area contributed by atoms with Crippen LogP contribution in [-0.2, 0) is 6.18 Å². The van der Waals surface area contributed by atoms with Gasteiger partial charge in [0.05, 0.1) is 0 Å². The molecule has 1 aromatic carbocycles. The van der Waals surface area contributed by atoms with Crippen LogP contribution in [0.15, 0.2) is 42.6 Å². The van der Waals surface area contributed by atoms with Gasteiger partial charge >= 0.3 is 6.18 Å². The Balaban J connectivity index is 2.22. The number of hydrogen-bond acceptors (Lipinski definition) is 3. The van der Waals surface area contributed by atoms with E-state index in [-0.39, 0.29) is 11.6 Å². The largest absolute Gasteiger partial charge is 0.433 e. The third-order valence-electron chi connectivity index (χ3n) is 2.56. The van der Waals surface area contributed by atoms with E-state index in [1.165, 1.54) is 0 Å². The highest BCUT2D eigenvalue weighted by Crippen LogP contribution is 2.29. The minimum absolute atomic E-state index is 0.0753. The van der Waals surface area contributed by atoms with Gasteiger partial charge in [0.15, 0.2) is 11.5 Å². The Bertz CT molecular complexity index is 719. The molecular formula is C12H7F3N4. The lowest BCUT2D eigenvalue weighted by molar-refractivity contribution is -0.142. The van der Waals surface area contributed by atoms with Gasteiger partial charge < -0.3 is 0 Å². The predicted molar refractivity (Wildman–Crippen MR) is 61.2 cm³/mol. The van der Waals surface area contributed by atoms with Crippen molar-refractivity contribution < 1.29 is 13.2 Å². The van der Waals surface area contributed by atoms with Crippen molar-refractivity contribution >= 4 is 5.78 Å². The van der Waals surface area contributed by atoms with E-state index in [9.17, 15) is 13.2 Å². The van der Waals surface area contributed by atoms with E-state index in [2.05, 4.69) is 15.1 Å². The summed E-state index contributed by atoms with van der Waals surface area (Å²) < 4.78 is 39.2. The molecule has 2 aromatic heterocycles. The van der Waals surface area contributed by atoms with Crippen molar-refractivity contribution in [3.05, 3.63) is 48.3 Å². The molecule has 0 atom stereocenters. The summed E-state index contributed by atoms with van der Waals surface area (Å²) in [4.78, 5) is 7.79. The number of benzene rings is 1. The molecule has 0 spiro atoms. The van der Waals surface area contributed by atoms with Crippen LogP contribution in [-0.4, -0.2) is 19.6 Å². The highest BCUT2D eigenvalue weighted by Gasteiger charge is 2.34. The molecule has 0 saturated heterocycles. The Hall–Kier alpha value is -2.44. The quantitative estimate of drug-likeness (QED) is 0.678. The van der Waals surface area contributed by atoms with Gasteiger partial charge in [-0.25, -0.2) is 4.98 Å². The molecule has 4 nitrogen and oxygen atoms in total. The summed E-state index contributed by atoms with van der Waals surface area (Å²) >= 11 is 0. The first-order valence-electron chi connectivity index (χ1n) is 5.40. The van der Waals surface area contributed by atoms with Crippen LogP contribution in [0.25, 0.3) is 17.2 Å². The van der Waals surface area contributed by atoms with E-state index >= 15 is 0 Å². The molecule has 0 unspecified atom stereocenters. The first-order valence-corrected chi connectivity index (χ1v) is 5.40. The first-order chi connectivity index (χ1) is 9.05. The maximum absolute atomic E-state index is 12.8. The molecule has 3 rings (SSSR count). The lowest BCUT2D eigenvalue weighted by atomic mass is 10.2. The summed E-state index contributed by atoms with van der Waals surface area (Å²) in [6.07, 6.45) is -3.43. The van der Waals surface area contributed by atoms with Crippen molar-refractivity contribution in [1.82, 2.24) is 19.6 Å². The van der Waals surface area contributed by atoms with E-state index in [1.54, 1.807) is 30.3 Å². The number of fused-ring (bicyclic) bond motifs is 1. The maximum Gasteiger partial charge on any atom is 0.433 e. The van der Waals surface area contributed by atoms with Crippen molar-refractivity contribution in [2.75, 3.05) is 0 Å². The molecule has 0 bridgehead atoms. The van der Waals surface area contributed by atoms with Crippen LogP contribution in [0.4, 0.5) is 13.2 Å². The molecule has 0 aliphatic rings. The van der Waals surface area contributed by atoms with Gasteiger partial charge in [-0.3, -0.25) is 0 Å². The average Bonchev–Trinajstić information content (AvgIpc) is 2.82. The monoisotopic (exact) mass is 264 g/mol. The minimum atomic E-state index is -4.50. The molecular weight excluding hydrogens is 257 g/mol. The Labute approximate surface area is 105 Å². The molecule has 0 fully saturated rings. The topological polar surface area (TPSA) is 43.1 Å². The second kappa shape index (κ2) is 4.04. The summed E-state index contributed by atoms with van der Waals surface area (Å²) in [5.41, 5.74) is -0.256. The number of hydrogen-bond donors (Lipinski definition) is 0. The number of nitrogens with zero attached hydrogens (tertiary/aromatic N) is 4. The van der Waals surface area contributed by atoms with Crippen LogP contribution in [0.1, 0.15) is 5.69 Å². The van der Waals surface area contributed by atoms with Gasteiger partial charge in [0, 0.05) is 11.8 Å². The van der Waals surface area contributed by atoms with Crippen molar-refractivity contribution in [1.29, 1.82) is 0 Å². The van der Waals surface area contributed by atoms with E-state index in [1.807, 2.05) is 0 Å². The normalized spacial score (nSPS) is 11.9. The Morgan fingerprint density at radius 1 is 1.00 bits per heavy atom. The van der Waals surface area contributed by atoms with Gasteiger partial charge in [-0.05, 0) is 6.07 Å². The summed E-state index contributed by atoms with van der Waals surface area (Å²) in [5, 5.41) is 3.87. The van der Waals surface area contributed by atoms with Crippen LogP contribution in [0.5, 0.6) is 0 Å². The fourth-order valence-electron chi connectivity index (χ4n) is 1.72. The van der Waals surface area contributed by atoms with Gasteiger partial charge in [-0.2, -0.15) is 22.7 Å². The number of halogens is 3. The fourth-order valence-corrected chi connectivity index (χ4v) is 1.72. The lowest BCUT2D eigenvalue weighted by Crippen LogP contribution is -2.12. The molecule has 19 heavy (non-hydrogen) atoms.